The van der Waals surface area contributed by atoms with Crippen molar-refractivity contribution in [2.24, 2.45) is 11.1 Å². The molecule has 1 aromatic carbocycles. The molecule has 1 aromatic heterocycles. The molecule has 2 rings (SSSR count). The van der Waals surface area contributed by atoms with E-state index in [1.807, 2.05) is 52.0 Å². The average Bonchev–Trinajstić information content (AvgIpc) is 2.67. The number of benzene rings is 1. The zero-order valence-corrected chi connectivity index (χ0v) is 11.8. The topological polar surface area (TPSA) is 57.2 Å². The largest absolute Gasteiger partial charge is 0.338 e. The first-order valence-electron chi connectivity index (χ1n) is 6.39. The summed E-state index contributed by atoms with van der Waals surface area (Å²) in [5, 5.41) is 1.01. The van der Waals surface area contributed by atoms with E-state index in [0.717, 1.165) is 16.5 Å². The van der Waals surface area contributed by atoms with Gasteiger partial charge < -0.3 is 10.6 Å². The number of nitrogens with zero attached hydrogens (tertiary/aromatic N) is 1. The number of hydrogen-bond acceptors (Lipinski definition) is 3. The van der Waals surface area contributed by atoms with Crippen LogP contribution in [0.15, 0.2) is 30.5 Å². The lowest BCUT2D eigenvalue weighted by Gasteiger charge is -2.16. The third-order valence-corrected chi connectivity index (χ3v) is 2.99. The van der Waals surface area contributed by atoms with E-state index in [1.54, 1.807) is 6.20 Å². The van der Waals surface area contributed by atoms with Gasteiger partial charge in [-0.3, -0.25) is 0 Å². The number of carbonyl (C=O) groups is 1. The Morgan fingerprint density at radius 2 is 1.95 bits per heavy atom. The Morgan fingerprint density at radius 1 is 1.32 bits per heavy atom. The third-order valence-electron chi connectivity index (χ3n) is 2.99. The summed E-state index contributed by atoms with van der Waals surface area (Å²) in [7, 11) is 0. The van der Waals surface area contributed by atoms with Crippen LogP contribution in [0.5, 0.6) is 0 Å². The smallest absolute Gasteiger partial charge is 0.336 e. The lowest BCUT2D eigenvalue weighted by atomic mass is 9.98. The average molecular weight is 260 g/mol. The van der Waals surface area contributed by atoms with Crippen LogP contribution in [0.1, 0.15) is 39.3 Å². The van der Waals surface area contributed by atoms with Crippen molar-refractivity contribution in [2.45, 2.75) is 33.7 Å². The summed E-state index contributed by atoms with van der Waals surface area (Å²) in [6.07, 6.45) is 1.79. The molecule has 0 amide bonds. The van der Waals surface area contributed by atoms with Crippen molar-refractivity contribution in [3.05, 3.63) is 36.0 Å². The summed E-state index contributed by atoms with van der Waals surface area (Å²) in [6.45, 7) is 7.40. The molecule has 0 aliphatic heterocycles. The molecule has 0 spiro atoms. The SMILES string of the molecule is CC(N)c1cn(OC(=O)C(C)(C)C)c2ccccc12. The predicted octanol–water partition coefficient (Wildman–Crippen LogP) is 2.66. The van der Waals surface area contributed by atoms with E-state index in [-0.39, 0.29) is 12.0 Å². The number of rotatable bonds is 2. The van der Waals surface area contributed by atoms with Gasteiger partial charge >= 0.3 is 5.97 Å². The normalized spacial score (nSPS) is 13.5. The molecule has 1 unspecified atom stereocenters. The summed E-state index contributed by atoms with van der Waals surface area (Å²) in [4.78, 5) is 17.4. The first kappa shape index (κ1) is 13.6. The maximum absolute atomic E-state index is 12.0. The van der Waals surface area contributed by atoms with Crippen LogP contribution in [0, 0.1) is 5.41 Å². The van der Waals surface area contributed by atoms with Crippen LogP contribution in [-0.4, -0.2) is 10.7 Å². The number of fused-ring (bicyclic) bond motifs is 1. The number of para-hydroxylation sites is 1. The molecule has 0 saturated heterocycles. The first-order chi connectivity index (χ1) is 8.80. The lowest BCUT2D eigenvalue weighted by Crippen LogP contribution is -2.30. The summed E-state index contributed by atoms with van der Waals surface area (Å²) >= 11 is 0. The zero-order chi connectivity index (χ0) is 14.2. The van der Waals surface area contributed by atoms with Gasteiger partial charge in [0.25, 0.3) is 0 Å². The highest BCUT2D eigenvalue weighted by Gasteiger charge is 2.25. The van der Waals surface area contributed by atoms with Crippen LogP contribution in [0.25, 0.3) is 10.9 Å². The van der Waals surface area contributed by atoms with E-state index in [9.17, 15) is 4.79 Å². The van der Waals surface area contributed by atoms with Crippen molar-refractivity contribution in [3.63, 3.8) is 0 Å². The molecular weight excluding hydrogens is 240 g/mol. The Kier molecular flexibility index (Phi) is 3.37. The number of hydrogen-bond donors (Lipinski definition) is 1. The Bertz CT molecular complexity index is 606. The van der Waals surface area contributed by atoms with E-state index < -0.39 is 5.41 Å². The van der Waals surface area contributed by atoms with Gasteiger partial charge in [-0.1, -0.05) is 18.2 Å². The molecule has 0 aliphatic carbocycles. The van der Waals surface area contributed by atoms with Gasteiger partial charge in [0.2, 0.25) is 0 Å². The van der Waals surface area contributed by atoms with Crippen molar-refractivity contribution < 1.29 is 9.63 Å². The van der Waals surface area contributed by atoms with E-state index in [2.05, 4.69) is 0 Å². The molecule has 0 bridgehead atoms. The third kappa shape index (κ3) is 2.63. The van der Waals surface area contributed by atoms with Crippen molar-refractivity contribution in [1.29, 1.82) is 0 Å². The zero-order valence-electron chi connectivity index (χ0n) is 11.8. The highest BCUT2D eigenvalue weighted by atomic mass is 16.7. The van der Waals surface area contributed by atoms with Gasteiger partial charge in [0.05, 0.1) is 17.1 Å². The maximum Gasteiger partial charge on any atom is 0.338 e. The standard InChI is InChI=1S/C15H20N2O2/c1-10(16)12-9-17(19-14(18)15(2,3)4)13-8-6-5-7-11(12)13/h5-10H,16H2,1-4H3. The monoisotopic (exact) mass is 260 g/mol. The Balaban J connectivity index is 2.47. The minimum absolute atomic E-state index is 0.112. The summed E-state index contributed by atoms with van der Waals surface area (Å²) in [6, 6.07) is 7.64. The highest BCUT2D eigenvalue weighted by molar-refractivity contribution is 5.85. The van der Waals surface area contributed by atoms with Crippen molar-refractivity contribution >= 4 is 16.9 Å². The fraction of sp³-hybridized carbons (Fsp3) is 0.400. The van der Waals surface area contributed by atoms with Gasteiger partial charge in [-0.2, -0.15) is 4.73 Å². The molecular formula is C15H20N2O2. The van der Waals surface area contributed by atoms with E-state index >= 15 is 0 Å². The number of nitrogens with two attached hydrogens (primary N) is 1. The van der Waals surface area contributed by atoms with Gasteiger partial charge in [0.1, 0.15) is 0 Å². The molecule has 102 valence electrons. The molecule has 2 aromatic rings. The molecule has 4 heteroatoms. The molecule has 1 heterocycles. The van der Waals surface area contributed by atoms with Gasteiger partial charge in [-0.25, -0.2) is 4.79 Å². The summed E-state index contributed by atoms with van der Waals surface area (Å²) in [5.74, 6) is -0.274. The Morgan fingerprint density at radius 3 is 2.53 bits per heavy atom. The number of aromatic nitrogens is 1. The van der Waals surface area contributed by atoms with Crippen LogP contribution in [0.4, 0.5) is 0 Å². The molecule has 19 heavy (non-hydrogen) atoms. The van der Waals surface area contributed by atoms with Crippen molar-refractivity contribution in [3.8, 4) is 0 Å². The molecule has 0 saturated carbocycles. The highest BCUT2D eigenvalue weighted by Crippen LogP contribution is 2.25. The predicted molar refractivity (Wildman–Crippen MR) is 75.6 cm³/mol. The molecule has 0 fully saturated rings. The minimum atomic E-state index is -0.542. The maximum atomic E-state index is 12.0. The van der Waals surface area contributed by atoms with Crippen LogP contribution >= 0.6 is 0 Å². The van der Waals surface area contributed by atoms with Crippen molar-refractivity contribution in [1.82, 2.24) is 4.73 Å². The second-order valence-corrected chi connectivity index (χ2v) is 5.84. The van der Waals surface area contributed by atoms with Gasteiger partial charge in [0, 0.05) is 11.4 Å². The second-order valence-electron chi connectivity index (χ2n) is 5.84. The van der Waals surface area contributed by atoms with Crippen LogP contribution in [-0.2, 0) is 4.79 Å². The molecule has 4 nitrogen and oxygen atoms in total. The van der Waals surface area contributed by atoms with E-state index in [0.29, 0.717) is 0 Å². The Hall–Kier alpha value is -1.81. The summed E-state index contributed by atoms with van der Waals surface area (Å²) < 4.78 is 1.52. The Labute approximate surface area is 113 Å². The fourth-order valence-corrected chi connectivity index (χ4v) is 1.84. The van der Waals surface area contributed by atoms with Gasteiger partial charge in [-0.15, -0.1) is 0 Å². The van der Waals surface area contributed by atoms with Crippen LogP contribution in [0.3, 0.4) is 0 Å². The minimum Gasteiger partial charge on any atom is -0.336 e. The quantitative estimate of drug-likeness (QED) is 0.903. The van der Waals surface area contributed by atoms with E-state index in [4.69, 9.17) is 10.6 Å². The molecule has 1 atom stereocenters. The van der Waals surface area contributed by atoms with Crippen LogP contribution in [0.2, 0.25) is 0 Å². The van der Waals surface area contributed by atoms with E-state index in [1.165, 1.54) is 4.73 Å². The molecule has 2 N–H and O–H groups in total. The fourth-order valence-electron chi connectivity index (χ4n) is 1.84. The van der Waals surface area contributed by atoms with Gasteiger partial charge in [-0.05, 0) is 39.3 Å². The second kappa shape index (κ2) is 4.70. The van der Waals surface area contributed by atoms with Crippen molar-refractivity contribution in [2.75, 3.05) is 0 Å². The van der Waals surface area contributed by atoms with Gasteiger partial charge in [0.15, 0.2) is 0 Å². The summed E-state index contributed by atoms with van der Waals surface area (Å²) in [5.41, 5.74) is 7.24. The molecule has 0 aliphatic rings. The van der Waals surface area contributed by atoms with Crippen LogP contribution < -0.4 is 10.6 Å². The molecule has 0 radical (unpaired) electrons. The lowest BCUT2D eigenvalue weighted by molar-refractivity contribution is -0.152. The number of carbonyl (C=O) groups excluding carboxylic acids is 1. The first-order valence-corrected chi connectivity index (χ1v) is 6.39.